The molecule has 0 heterocycles. The Hall–Kier alpha value is 1.65. The summed E-state index contributed by atoms with van der Waals surface area (Å²) in [6, 6.07) is 0. The molecule has 0 saturated heterocycles. The topological polar surface area (TPSA) is 66.2 Å². The van der Waals surface area contributed by atoms with E-state index < -0.39 is 5.09 Å². The first kappa shape index (κ1) is 15.6. The molecule has 0 aromatic heterocycles. The van der Waals surface area contributed by atoms with Crippen LogP contribution in [0.1, 0.15) is 0 Å². The molecule has 6 heteroatoms. The molecule has 0 N–H and O–H groups in total. The largest absolute Gasteiger partial charge is 0 e. The van der Waals surface area contributed by atoms with Gasteiger partial charge in [-0.1, -0.05) is 0 Å². The van der Waals surface area contributed by atoms with Crippen LogP contribution in [0.25, 0.3) is 0 Å². The average Bonchev–Trinajstić information content (AvgIpc) is 0.811. The van der Waals surface area contributed by atoms with Gasteiger partial charge >= 0.3 is 48.9 Å². The summed E-state index contributed by atoms with van der Waals surface area (Å²) in [4.78, 5) is 8.25. The minimum Gasteiger partial charge on any atom is 0 e. The van der Waals surface area contributed by atoms with E-state index in [4.69, 9.17) is 15.3 Å². The normalized spacial score (nSPS) is 4.00. The summed E-state index contributed by atoms with van der Waals surface area (Å²) in [6.07, 6.45) is 0. The molecule has 0 radical (unpaired) electrons. The van der Waals surface area contributed by atoms with Gasteiger partial charge in [0, 0.05) is 26.2 Å². The minimum absolute atomic E-state index is 0. The molecule has 0 unspecified atom stereocenters. The van der Waals surface area contributed by atoms with Gasteiger partial charge in [-0.05, 0) is 0 Å². The van der Waals surface area contributed by atoms with Crippen molar-refractivity contribution in [3.63, 3.8) is 0 Å². The quantitative estimate of drug-likeness (QED) is 0.321. The molecule has 32 valence electrons. The Morgan fingerprint density at radius 2 is 1.33 bits per heavy atom. The van der Waals surface area contributed by atoms with Gasteiger partial charge in [0.25, 0.3) is 0 Å². The van der Waals surface area contributed by atoms with E-state index in [1.54, 1.807) is 0 Å². The van der Waals surface area contributed by atoms with Crippen molar-refractivity contribution in [2.75, 3.05) is 0 Å². The van der Waals surface area contributed by atoms with Crippen molar-refractivity contribution in [2.45, 2.75) is 0 Å². The third kappa shape index (κ3) is 44.8. The molecule has 6 heavy (non-hydrogen) atoms. The minimum atomic E-state index is -1.75. The van der Waals surface area contributed by atoms with Crippen molar-refractivity contribution in [1.82, 2.24) is 0 Å². The average molecular weight is 293 g/mol. The fourth-order valence-corrected chi connectivity index (χ4v) is 0. The number of rotatable bonds is 0. The molecule has 0 amide bonds. The molecule has 0 atom stereocenters. The van der Waals surface area contributed by atoms with Crippen LogP contribution in [-0.4, -0.2) is 54.0 Å². The summed E-state index contributed by atoms with van der Waals surface area (Å²) in [5, 5.41) is 14.8. The van der Waals surface area contributed by atoms with Crippen molar-refractivity contribution in [2.24, 2.45) is 0 Å². The summed E-state index contributed by atoms with van der Waals surface area (Å²) in [7, 11) is 0. The van der Waals surface area contributed by atoms with Crippen LogP contribution in [0.2, 0.25) is 0 Å². The van der Waals surface area contributed by atoms with E-state index in [9.17, 15) is 0 Å². The Bertz CT molecular complexity index is 33.8. The van der Waals surface area contributed by atoms with Crippen LogP contribution in [0, 0.1) is 15.3 Å². The third-order valence-electron chi connectivity index (χ3n) is 0. The first-order valence-corrected chi connectivity index (χ1v) is 0.548. The van der Waals surface area contributed by atoms with Gasteiger partial charge in [0.05, 0.1) is 5.09 Å². The maximum atomic E-state index is 8.25. The molecule has 4 nitrogen and oxygen atoms in total. The van der Waals surface area contributed by atoms with E-state index in [2.05, 4.69) is 0 Å². The Labute approximate surface area is 93.6 Å². The van der Waals surface area contributed by atoms with Gasteiger partial charge in [-0.15, -0.1) is 0 Å². The van der Waals surface area contributed by atoms with Gasteiger partial charge in [0.1, 0.15) is 0 Å². The fraction of sp³-hybridized carbons (Fsp3) is 0. The monoisotopic (exact) mass is 292 g/mol. The fourth-order valence-electron chi connectivity index (χ4n) is 0. The van der Waals surface area contributed by atoms with Crippen molar-refractivity contribution in [3.05, 3.63) is 15.3 Å². The second kappa shape index (κ2) is 9.82. The molecule has 0 fully saturated rings. The predicted octanol–water partition coefficient (Wildman–Crippen LogP) is -1.16. The summed E-state index contributed by atoms with van der Waals surface area (Å²) in [5.74, 6) is 0. The standard InChI is InChI=1S/Ba.NO3.Zr.2H/c;2-1(3)4;;;/q;-1;;;. The van der Waals surface area contributed by atoms with E-state index >= 15 is 0 Å². The Balaban J connectivity index is -0.0000000450. The summed E-state index contributed by atoms with van der Waals surface area (Å²) >= 11 is 0. The SMILES string of the molecule is O=[N+]([O-])[O-].[BaH2].[Zr]. The maximum absolute atomic E-state index is 8.25. The van der Waals surface area contributed by atoms with E-state index in [1.807, 2.05) is 0 Å². The van der Waals surface area contributed by atoms with Crippen LogP contribution in [0.5, 0.6) is 0 Å². The van der Waals surface area contributed by atoms with Gasteiger partial charge in [-0.2, -0.15) is 0 Å². The number of hydrogen-bond acceptors (Lipinski definition) is 3. The zero-order valence-corrected chi connectivity index (χ0v) is 4.63. The predicted molar refractivity (Wildman–Crippen MR) is 18.9 cm³/mol. The van der Waals surface area contributed by atoms with Crippen molar-refractivity contribution < 1.29 is 31.3 Å². The van der Waals surface area contributed by atoms with Crippen LogP contribution in [0.15, 0.2) is 0 Å². The second-order valence-corrected chi connectivity index (χ2v) is 0.224. The summed E-state index contributed by atoms with van der Waals surface area (Å²) < 4.78 is 0. The third-order valence-corrected chi connectivity index (χ3v) is 0. The van der Waals surface area contributed by atoms with Gasteiger partial charge in [0.15, 0.2) is 0 Å². The van der Waals surface area contributed by atoms with Crippen molar-refractivity contribution in [1.29, 1.82) is 0 Å². The van der Waals surface area contributed by atoms with E-state index in [0.717, 1.165) is 0 Å². The molecule has 0 aliphatic heterocycles. The van der Waals surface area contributed by atoms with Crippen molar-refractivity contribution in [3.8, 4) is 0 Å². The van der Waals surface area contributed by atoms with Crippen LogP contribution >= 0.6 is 0 Å². The van der Waals surface area contributed by atoms with Crippen LogP contribution in [0.4, 0.5) is 0 Å². The first-order valence-electron chi connectivity index (χ1n) is 0.548. The molecule has 0 aromatic rings. The molecular weight excluding hydrogens is 291 g/mol. The smallest absolute Gasteiger partial charge is 0 e. The molecule has 0 aliphatic carbocycles. The molecular formula is H2BaNO3Zr-. The molecule has 0 aromatic carbocycles. The number of hydrogen-bond donors (Lipinski definition) is 0. The number of nitrogens with zero attached hydrogens (tertiary/aromatic N) is 1. The summed E-state index contributed by atoms with van der Waals surface area (Å²) in [5.41, 5.74) is 0. The van der Waals surface area contributed by atoms with Crippen LogP contribution < -0.4 is 0 Å². The van der Waals surface area contributed by atoms with E-state index in [-0.39, 0.29) is 75.1 Å². The van der Waals surface area contributed by atoms with Crippen LogP contribution in [0.3, 0.4) is 0 Å². The van der Waals surface area contributed by atoms with Gasteiger partial charge in [0.2, 0.25) is 0 Å². The molecule has 0 rings (SSSR count). The van der Waals surface area contributed by atoms with Crippen LogP contribution in [-0.2, 0) is 26.2 Å². The second-order valence-electron chi connectivity index (χ2n) is 0.224. The zero-order valence-electron chi connectivity index (χ0n) is 2.17. The Morgan fingerprint density at radius 3 is 1.33 bits per heavy atom. The molecule has 0 aliphatic rings. The molecule has 0 saturated carbocycles. The van der Waals surface area contributed by atoms with E-state index in [0.29, 0.717) is 0 Å². The zero-order chi connectivity index (χ0) is 3.58. The molecule has 0 spiro atoms. The van der Waals surface area contributed by atoms with Gasteiger partial charge < -0.3 is 15.3 Å². The molecule has 0 bridgehead atoms. The van der Waals surface area contributed by atoms with Gasteiger partial charge in [-0.3, -0.25) is 0 Å². The Morgan fingerprint density at radius 1 is 1.33 bits per heavy atom. The Kier molecular flexibility index (Phi) is 25.6. The maximum Gasteiger partial charge on any atom is 0 e. The summed E-state index contributed by atoms with van der Waals surface area (Å²) in [6.45, 7) is 0. The van der Waals surface area contributed by atoms with E-state index in [1.165, 1.54) is 0 Å². The van der Waals surface area contributed by atoms with Gasteiger partial charge in [-0.25, -0.2) is 0 Å². The first-order chi connectivity index (χ1) is 1.73. The van der Waals surface area contributed by atoms with Crippen molar-refractivity contribution >= 4 is 48.9 Å².